The van der Waals surface area contributed by atoms with Crippen molar-refractivity contribution in [3.63, 3.8) is 0 Å². The Morgan fingerprint density at radius 2 is 2.07 bits per heavy atom. The Kier molecular flexibility index (Phi) is 4.54. The highest BCUT2D eigenvalue weighted by atomic mass is 19.1. The van der Waals surface area contributed by atoms with Crippen molar-refractivity contribution in [2.75, 3.05) is 0 Å². The Morgan fingerprint density at radius 3 is 2.83 bits per heavy atom. The Bertz CT molecular complexity index is 830. The van der Waals surface area contributed by atoms with E-state index in [1.807, 2.05) is 19.2 Å². The number of rotatable bonds is 3. The third kappa shape index (κ3) is 3.11. The van der Waals surface area contributed by atoms with E-state index >= 15 is 4.39 Å². The van der Waals surface area contributed by atoms with Crippen molar-refractivity contribution in [3.8, 4) is 0 Å². The minimum atomic E-state index is -0.753. The van der Waals surface area contributed by atoms with Gasteiger partial charge in [0.1, 0.15) is 0 Å². The molecule has 3 saturated carbocycles. The smallest absolute Gasteiger partial charge is 0.157 e. The standard InChI is InChI=1S/C24H33FN2O2/c1-23(29)8-6-16-15-7-9-24(2)19(17(15)12-21(25)18(16)13-23)4-5-20(24)22(28)14-27-11-3-10-26-27/h3,10-11,15-17,19-20,29H,4-9,12-14H2,1-2H3/t15-,16-,17-,19+,20-,23-,24+/m1/s1. The van der Waals surface area contributed by atoms with Crippen molar-refractivity contribution < 1.29 is 14.3 Å². The van der Waals surface area contributed by atoms with Crippen LogP contribution in [0.15, 0.2) is 29.9 Å². The largest absolute Gasteiger partial charge is 0.390 e. The number of Topliss-reactive ketones (excluding diaryl/α,β-unsaturated/α-hetero) is 1. The summed E-state index contributed by atoms with van der Waals surface area (Å²) in [5.74, 6) is 2.02. The highest BCUT2D eigenvalue weighted by Crippen LogP contribution is 2.64. The van der Waals surface area contributed by atoms with E-state index in [1.54, 1.807) is 10.9 Å². The van der Waals surface area contributed by atoms with Gasteiger partial charge in [-0.2, -0.15) is 5.10 Å². The third-order valence-electron chi connectivity index (χ3n) is 9.05. The van der Waals surface area contributed by atoms with E-state index in [-0.39, 0.29) is 17.2 Å². The van der Waals surface area contributed by atoms with Gasteiger partial charge >= 0.3 is 0 Å². The maximum absolute atomic E-state index is 15.2. The van der Waals surface area contributed by atoms with Crippen molar-refractivity contribution in [1.82, 2.24) is 9.78 Å². The van der Waals surface area contributed by atoms with E-state index < -0.39 is 5.60 Å². The molecule has 29 heavy (non-hydrogen) atoms. The summed E-state index contributed by atoms with van der Waals surface area (Å²) in [6.07, 6.45) is 10.4. The molecule has 0 bridgehead atoms. The molecular formula is C24H33FN2O2. The van der Waals surface area contributed by atoms with E-state index in [2.05, 4.69) is 12.0 Å². The lowest BCUT2D eigenvalue weighted by Crippen LogP contribution is -2.49. The van der Waals surface area contributed by atoms with Crippen LogP contribution >= 0.6 is 0 Å². The topological polar surface area (TPSA) is 55.1 Å². The van der Waals surface area contributed by atoms with Crippen LogP contribution < -0.4 is 0 Å². The first kappa shape index (κ1) is 19.5. The first-order valence-electron chi connectivity index (χ1n) is 11.4. The molecule has 1 aromatic rings. The lowest BCUT2D eigenvalue weighted by atomic mass is 9.51. The first-order valence-corrected chi connectivity index (χ1v) is 11.4. The number of allylic oxidation sites excluding steroid dienone is 1. The van der Waals surface area contributed by atoms with Crippen LogP contribution in [0.3, 0.4) is 0 Å². The zero-order chi connectivity index (χ0) is 20.4. The van der Waals surface area contributed by atoms with Crippen molar-refractivity contribution in [2.24, 2.45) is 35.0 Å². The fourth-order valence-electron chi connectivity index (χ4n) is 7.68. The highest BCUT2D eigenvalue weighted by molar-refractivity contribution is 5.82. The number of halogens is 1. The minimum Gasteiger partial charge on any atom is -0.390 e. The normalized spacial score (nSPS) is 44.2. The molecule has 1 heterocycles. The van der Waals surface area contributed by atoms with Crippen molar-refractivity contribution >= 4 is 5.78 Å². The lowest BCUT2D eigenvalue weighted by molar-refractivity contribution is -0.130. The van der Waals surface area contributed by atoms with Crippen LogP contribution in [0.4, 0.5) is 4.39 Å². The molecule has 0 aliphatic heterocycles. The summed E-state index contributed by atoms with van der Waals surface area (Å²) in [7, 11) is 0. The van der Waals surface area contributed by atoms with Gasteiger partial charge in [0.25, 0.3) is 0 Å². The van der Waals surface area contributed by atoms with E-state index in [4.69, 9.17) is 0 Å². The molecule has 0 unspecified atom stereocenters. The van der Waals surface area contributed by atoms with Crippen LogP contribution in [0.1, 0.15) is 65.2 Å². The number of ketones is 1. The number of fused-ring (bicyclic) bond motifs is 5. The van der Waals surface area contributed by atoms with E-state index in [9.17, 15) is 9.90 Å². The van der Waals surface area contributed by atoms with Crippen molar-refractivity contribution in [1.29, 1.82) is 0 Å². The number of nitrogens with zero attached hydrogens (tertiary/aromatic N) is 2. The maximum Gasteiger partial charge on any atom is 0.157 e. The minimum absolute atomic E-state index is 0.0106. The van der Waals surface area contributed by atoms with Gasteiger partial charge in [0, 0.05) is 24.7 Å². The monoisotopic (exact) mass is 400 g/mol. The third-order valence-corrected chi connectivity index (χ3v) is 9.05. The number of aliphatic hydroxyl groups is 1. The van der Waals surface area contributed by atoms with E-state index in [1.165, 1.54) is 0 Å². The molecule has 0 amide bonds. The Balaban J connectivity index is 1.38. The molecule has 1 N–H and O–H groups in total. The van der Waals surface area contributed by atoms with Gasteiger partial charge in [-0.3, -0.25) is 9.48 Å². The molecule has 4 aliphatic rings. The molecule has 0 aromatic carbocycles. The van der Waals surface area contributed by atoms with Gasteiger partial charge in [-0.15, -0.1) is 0 Å². The molecule has 7 atom stereocenters. The molecular weight excluding hydrogens is 367 g/mol. The molecule has 0 radical (unpaired) electrons. The van der Waals surface area contributed by atoms with Gasteiger partial charge in [0.15, 0.2) is 5.78 Å². The molecule has 158 valence electrons. The van der Waals surface area contributed by atoms with Crippen LogP contribution in [0, 0.1) is 35.0 Å². The number of carbonyl (C=O) groups excluding carboxylic acids is 1. The molecule has 5 rings (SSSR count). The molecule has 4 aliphatic carbocycles. The average molecular weight is 401 g/mol. The van der Waals surface area contributed by atoms with Gasteiger partial charge in [-0.1, -0.05) is 6.92 Å². The molecule has 4 nitrogen and oxygen atoms in total. The van der Waals surface area contributed by atoms with Crippen molar-refractivity contribution in [3.05, 3.63) is 29.9 Å². The van der Waals surface area contributed by atoms with Gasteiger partial charge < -0.3 is 5.11 Å². The summed E-state index contributed by atoms with van der Waals surface area (Å²) >= 11 is 0. The summed E-state index contributed by atoms with van der Waals surface area (Å²) in [6, 6.07) is 1.86. The predicted molar refractivity (Wildman–Crippen MR) is 108 cm³/mol. The lowest BCUT2D eigenvalue weighted by Gasteiger charge is -2.54. The quantitative estimate of drug-likeness (QED) is 0.801. The Labute approximate surface area is 172 Å². The SMILES string of the molecule is C[C@@]1(O)CC[C@H]2C(=C(F)C[C@@H]3[C@@H]2CC[C@]2(C)[C@@H](C(=O)Cn4cccn4)CC[C@@H]32)C1. The molecule has 1 aromatic heterocycles. The summed E-state index contributed by atoms with van der Waals surface area (Å²) in [5, 5.41) is 14.7. The van der Waals surface area contributed by atoms with Gasteiger partial charge in [-0.25, -0.2) is 4.39 Å². The Morgan fingerprint density at radius 1 is 1.24 bits per heavy atom. The van der Waals surface area contributed by atoms with Gasteiger partial charge in [-0.05, 0) is 92.6 Å². The first-order chi connectivity index (χ1) is 13.8. The van der Waals surface area contributed by atoms with Crippen LogP contribution in [0.25, 0.3) is 0 Å². The molecule has 0 spiro atoms. The zero-order valence-corrected chi connectivity index (χ0v) is 17.6. The summed E-state index contributed by atoms with van der Waals surface area (Å²) < 4.78 is 16.9. The second kappa shape index (κ2) is 6.76. The van der Waals surface area contributed by atoms with E-state index in [0.29, 0.717) is 48.8 Å². The zero-order valence-electron chi connectivity index (χ0n) is 17.6. The second-order valence-corrected chi connectivity index (χ2v) is 10.7. The van der Waals surface area contributed by atoms with Crippen LogP contribution in [0.2, 0.25) is 0 Å². The van der Waals surface area contributed by atoms with Crippen LogP contribution in [-0.4, -0.2) is 26.3 Å². The second-order valence-electron chi connectivity index (χ2n) is 10.7. The average Bonchev–Trinajstić information content (AvgIpc) is 3.28. The summed E-state index contributed by atoms with van der Waals surface area (Å²) in [4.78, 5) is 13.1. The Hall–Kier alpha value is -1.49. The molecule has 0 saturated heterocycles. The molecule has 5 heteroatoms. The summed E-state index contributed by atoms with van der Waals surface area (Å²) in [6.45, 7) is 4.50. The van der Waals surface area contributed by atoms with Crippen LogP contribution in [0.5, 0.6) is 0 Å². The number of carbonyl (C=O) groups is 1. The molecule has 3 fully saturated rings. The summed E-state index contributed by atoms with van der Waals surface area (Å²) in [5.41, 5.74) is 0.148. The predicted octanol–water partition coefficient (Wildman–Crippen LogP) is 4.69. The van der Waals surface area contributed by atoms with Gasteiger partial charge in [0.05, 0.1) is 18.0 Å². The highest BCUT2D eigenvalue weighted by Gasteiger charge is 2.58. The maximum atomic E-state index is 15.2. The van der Waals surface area contributed by atoms with Crippen LogP contribution in [-0.2, 0) is 11.3 Å². The van der Waals surface area contributed by atoms with E-state index in [0.717, 1.165) is 44.1 Å². The number of hydrogen-bond acceptors (Lipinski definition) is 3. The van der Waals surface area contributed by atoms with Gasteiger partial charge in [0.2, 0.25) is 0 Å². The van der Waals surface area contributed by atoms with Crippen molar-refractivity contribution in [2.45, 2.75) is 77.4 Å². The number of hydrogen-bond donors (Lipinski definition) is 1. The fourth-order valence-corrected chi connectivity index (χ4v) is 7.68. The number of aromatic nitrogens is 2. The fraction of sp³-hybridized carbons (Fsp3) is 0.750.